The van der Waals surface area contributed by atoms with Crippen LogP contribution in [0, 0.1) is 6.92 Å². The van der Waals surface area contributed by atoms with Gasteiger partial charge in [0.05, 0.1) is 30.7 Å². The maximum atomic E-state index is 12.9. The first kappa shape index (κ1) is 16.3. The summed E-state index contributed by atoms with van der Waals surface area (Å²) in [5.74, 6) is 2.33. The molecule has 2 aromatic rings. The van der Waals surface area contributed by atoms with E-state index in [0.717, 1.165) is 30.3 Å². The molecule has 1 aliphatic carbocycles. The average Bonchev–Trinajstić information content (AvgIpc) is 3.26. The van der Waals surface area contributed by atoms with Gasteiger partial charge in [0.1, 0.15) is 17.7 Å². The molecule has 0 spiro atoms. The van der Waals surface area contributed by atoms with Gasteiger partial charge < -0.3 is 9.88 Å². The number of aryl methyl sites for hydroxylation is 2. The molecule has 1 N–H and O–H groups in total. The highest BCUT2D eigenvalue weighted by atomic mass is 16.2. The molecular formula is C17H25N7O. The molecule has 1 fully saturated rings. The number of nitrogens with zero attached hydrogens (tertiary/aromatic N) is 6. The summed E-state index contributed by atoms with van der Waals surface area (Å²) in [4.78, 5) is 15.0. The van der Waals surface area contributed by atoms with Gasteiger partial charge in [-0.15, -0.1) is 10.2 Å². The Labute approximate surface area is 147 Å². The minimum absolute atomic E-state index is 0.0131. The van der Waals surface area contributed by atoms with E-state index in [4.69, 9.17) is 0 Å². The normalized spacial score (nSPS) is 20.5. The van der Waals surface area contributed by atoms with Crippen molar-refractivity contribution < 1.29 is 4.79 Å². The van der Waals surface area contributed by atoms with E-state index in [-0.39, 0.29) is 11.9 Å². The minimum atomic E-state index is -0.233. The Hall–Kier alpha value is -2.22. The Morgan fingerprint density at radius 2 is 2.16 bits per heavy atom. The second-order valence-electron chi connectivity index (χ2n) is 7.14. The van der Waals surface area contributed by atoms with Gasteiger partial charge in [-0.1, -0.05) is 6.92 Å². The summed E-state index contributed by atoms with van der Waals surface area (Å²) in [6.07, 6.45) is 5.21. The maximum Gasteiger partial charge on any atom is 0.243 e. The Kier molecular flexibility index (Phi) is 4.07. The van der Waals surface area contributed by atoms with Crippen LogP contribution in [0.4, 0.5) is 5.69 Å². The summed E-state index contributed by atoms with van der Waals surface area (Å²) in [6, 6.07) is -0.233. The highest BCUT2D eigenvalue weighted by molar-refractivity contribution is 5.95. The molecule has 0 aromatic carbocycles. The molecule has 4 rings (SSSR count). The van der Waals surface area contributed by atoms with E-state index >= 15 is 0 Å². The van der Waals surface area contributed by atoms with Crippen LogP contribution in [0.15, 0.2) is 6.20 Å². The van der Waals surface area contributed by atoms with Gasteiger partial charge in [0.15, 0.2) is 0 Å². The monoisotopic (exact) mass is 343 g/mol. The molecule has 0 radical (unpaired) electrons. The van der Waals surface area contributed by atoms with Gasteiger partial charge in [-0.25, -0.2) is 0 Å². The summed E-state index contributed by atoms with van der Waals surface area (Å²) in [5, 5.41) is 15.9. The van der Waals surface area contributed by atoms with Crippen LogP contribution in [-0.4, -0.2) is 48.4 Å². The van der Waals surface area contributed by atoms with Crippen molar-refractivity contribution in [3.63, 3.8) is 0 Å². The van der Waals surface area contributed by atoms with E-state index in [0.29, 0.717) is 19.0 Å². The molecule has 1 unspecified atom stereocenters. The summed E-state index contributed by atoms with van der Waals surface area (Å²) >= 11 is 0. The number of fused-ring (bicyclic) bond motifs is 1. The molecule has 0 saturated heterocycles. The maximum absolute atomic E-state index is 12.9. The molecule has 3 heterocycles. The third kappa shape index (κ3) is 2.95. The molecule has 8 nitrogen and oxygen atoms in total. The number of anilines is 1. The zero-order valence-corrected chi connectivity index (χ0v) is 15.1. The minimum Gasteiger partial charge on any atom is -0.322 e. The van der Waals surface area contributed by atoms with Crippen molar-refractivity contribution in [1.29, 1.82) is 0 Å². The predicted octanol–water partition coefficient (Wildman–Crippen LogP) is 1.52. The van der Waals surface area contributed by atoms with Gasteiger partial charge in [-0.2, -0.15) is 5.10 Å². The molecule has 1 saturated carbocycles. The number of hydrogen-bond donors (Lipinski definition) is 1. The molecule has 8 heteroatoms. The van der Waals surface area contributed by atoms with Crippen LogP contribution >= 0.6 is 0 Å². The van der Waals surface area contributed by atoms with Gasteiger partial charge in [0.2, 0.25) is 5.91 Å². The van der Waals surface area contributed by atoms with Crippen molar-refractivity contribution in [1.82, 2.24) is 29.4 Å². The second-order valence-corrected chi connectivity index (χ2v) is 7.14. The molecule has 2 aliphatic rings. The van der Waals surface area contributed by atoms with E-state index in [9.17, 15) is 4.79 Å². The van der Waals surface area contributed by atoms with Gasteiger partial charge >= 0.3 is 0 Å². The van der Waals surface area contributed by atoms with Gasteiger partial charge in [0.25, 0.3) is 0 Å². The lowest BCUT2D eigenvalue weighted by molar-refractivity contribution is -0.122. The van der Waals surface area contributed by atoms with E-state index in [1.54, 1.807) is 6.20 Å². The highest BCUT2D eigenvalue weighted by Crippen LogP contribution is 2.43. The molecule has 1 amide bonds. The fraction of sp³-hybridized carbons (Fsp3) is 0.647. The number of rotatable bonds is 5. The molecule has 134 valence electrons. The van der Waals surface area contributed by atoms with E-state index in [1.165, 1.54) is 18.5 Å². The smallest absolute Gasteiger partial charge is 0.243 e. The molecule has 25 heavy (non-hydrogen) atoms. The lowest BCUT2D eigenvalue weighted by Gasteiger charge is -2.32. The Bertz CT molecular complexity index is 789. The van der Waals surface area contributed by atoms with Crippen LogP contribution in [-0.2, 0) is 24.4 Å². The number of carbonyl (C=O) groups excluding carboxylic acids is 1. The van der Waals surface area contributed by atoms with Crippen molar-refractivity contribution in [3.8, 4) is 0 Å². The van der Waals surface area contributed by atoms with E-state index in [1.807, 2.05) is 23.4 Å². The Balaban J connectivity index is 1.54. The molecule has 0 bridgehead atoms. The number of nitrogens with one attached hydrogen (secondary N) is 1. The van der Waals surface area contributed by atoms with Gasteiger partial charge in [-0.3, -0.25) is 14.4 Å². The lowest BCUT2D eigenvalue weighted by atomic mass is 10.1. The van der Waals surface area contributed by atoms with Crippen LogP contribution in [0.3, 0.4) is 0 Å². The van der Waals surface area contributed by atoms with Crippen LogP contribution in [0.5, 0.6) is 0 Å². The number of aromatic nitrogens is 5. The summed E-state index contributed by atoms with van der Waals surface area (Å²) < 4.78 is 4.09. The zero-order valence-electron chi connectivity index (χ0n) is 15.1. The van der Waals surface area contributed by atoms with Gasteiger partial charge in [0, 0.05) is 12.5 Å². The molecule has 1 atom stereocenters. The first-order valence-corrected chi connectivity index (χ1v) is 9.04. The van der Waals surface area contributed by atoms with Crippen LogP contribution < -0.4 is 5.32 Å². The topological polar surface area (TPSA) is 80.9 Å². The number of amides is 1. The molecule has 1 aliphatic heterocycles. The van der Waals surface area contributed by atoms with Crippen molar-refractivity contribution in [2.75, 3.05) is 12.4 Å². The van der Waals surface area contributed by atoms with Crippen LogP contribution in [0.1, 0.15) is 49.4 Å². The predicted molar refractivity (Wildman–Crippen MR) is 93.1 cm³/mol. The van der Waals surface area contributed by atoms with Crippen molar-refractivity contribution in [2.24, 2.45) is 0 Å². The third-order valence-electron chi connectivity index (χ3n) is 5.13. The van der Waals surface area contributed by atoms with E-state index in [2.05, 4.69) is 32.2 Å². The summed E-state index contributed by atoms with van der Waals surface area (Å²) in [5.41, 5.74) is 2.07. The Morgan fingerprint density at radius 3 is 2.88 bits per heavy atom. The Morgan fingerprint density at radius 1 is 1.36 bits per heavy atom. The standard InChI is InChI=1S/C17H25N7O/c1-4-7-24-16(12-5-6-12)13(8-18-24)19-17(25)14-9-23-11(2)20-21-15(23)10-22(14)3/h8,12,14H,4-7,9-10H2,1-3H3,(H,19,25). The number of likely N-dealkylation sites (N-methyl/N-ethyl adjacent to an activating group) is 1. The molecule has 2 aromatic heterocycles. The first-order valence-electron chi connectivity index (χ1n) is 9.04. The van der Waals surface area contributed by atoms with Gasteiger partial charge in [-0.05, 0) is 33.2 Å². The SMILES string of the molecule is CCCn1ncc(NC(=O)C2Cn3c(C)nnc3CN2C)c1C1CC1. The fourth-order valence-electron chi connectivity index (χ4n) is 3.59. The van der Waals surface area contributed by atoms with Crippen molar-refractivity contribution in [3.05, 3.63) is 23.5 Å². The summed E-state index contributed by atoms with van der Waals surface area (Å²) in [7, 11) is 1.96. The number of hydrogen-bond acceptors (Lipinski definition) is 5. The third-order valence-corrected chi connectivity index (χ3v) is 5.13. The van der Waals surface area contributed by atoms with Crippen molar-refractivity contribution >= 4 is 11.6 Å². The summed E-state index contributed by atoms with van der Waals surface area (Å²) in [6.45, 7) is 6.18. The number of carbonyl (C=O) groups is 1. The quantitative estimate of drug-likeness (QED) is 0.890. The van der Waals surface area contributed by atoms with Crippen LogP contribution in [0.25, 0.3) is 0 Å². The second kappa shape index (κ2) is 6.25. The fourth-order valence-corrected chi connectivity index (χ4v) is 3.59. The average molecular weight is 343 g/mol. The van der Waals surface area contributed by atoms with E-state index < -0.39 is 0 Å². The van der Waals surface area contributed by atoms with Crippen molar-refractivity contribution in [2.45, 2.75) is 64.7 Å². The zero-order chi connectivity index (χ0) is 17.6. The first-order chi connectivity index (χ1) is 12.1. The highest BCUT2D eigenvalue weighted by Gasteiger charge is 2.34. The lowest BCUT2D eigenvalue weighted by Crippen LogP contribution is -2.48. The molecular weight excluding hydrogens is 318 g/mol. The largest absolute Gasteiger partial charge is 0.322 e. The van der Waals surface area contributed by atoms with Crippen LogP contribution in [0.2, 0.25) is 0 Å².